The summed E-state index contributed by atoms with van der Waals surface area (Å²) >= 11 is 0. The molecule has 2 rings (SSSR count). The smallest absolute Gasteiger partial charge is 0.255 e. The van der Waals surface area contributed by atoms with Crippen LogP contribution >= 0.6 is 0 Å². The Morgan fingerprint density at radius 1 is 1.43 bits per heavy atom. The molecule has 0 aliphatic carbocycles. The number of carbonyl (C=O) groups is 1. The lowest BCUT2D eigenvalue weighted by molar-refractivity contribution is -0.119. The number of ether oxygens (including phenoxy) is 1. The molecule has 1 aromatic carbocycles. The Morgan fingerprint density at radius 2 is 2.19 bits per heavy atom. The predicted octanol–water partition coefficient (Wildman–Crippen LogP) is 0.982. The topological polar surface area (TPSA) is 67.6 Å². The molecule has 1 aromatic rings. The van der Waals surface area contributed by atoms with Crippen LogP contribution in [0.5, 0.6) is 5.75 Å². The molecule has 0 spiro atoms. The third-order valence-corrected chi connectivity index (χ3v) is 3.73. The van der Waals surface area contributed by atoms with E-state index in [1.54, 1.807) is 0 Å². The van der Waals surface area contributed by atoms with Crippen molar-refractivity contribution < 1.29 is 9.53 Å². The normalized spacial score (nSPS) is 18.7. The van der Waals surface area contributed by atoms with Crippen LogP contribution in [0.1, 0.15) is 18.4 Å². The van der Waals surface area contributed by atoms with Gasteiger partial charge in [0.15, 0.2) is 6.61 Å². The summed E-state index contributed by atoms with van der Waals surface area (Å²) in [5.74, 6) is 0.971. The second-order valence-corrected chi connectivity index (χ2v) is 5.81. The van der Waals surface area contributed by atoms with Crippen molar-refractivity contribution in [1.29, 1.82) is 0 Å². The van der Waals surface area contributed by atoms with Crippen molar-refractivity contribution in [3.63, 3.8) is 0 Å². The molecule has 1 heterocycles. The minimum atomic E-state index is -0.458. The highest BCUT2D eigenvalue weighted by Gasteiger charge is 2.14. The van der Waals surface area contributed by atoms with Crippen molar-refractivity contribution in [1.82, 2.24) is 10.2 Å². The van der Waals surface area contributed by atoms with Gasteiger partial charge in [-0.1, -0.05) is 12.1 Å². The molecule has 21 heavy (non-hydrogen) atoms. The molecule has 0 saturated carbocycles. The van der Waals surface area contributed by atoms with Gasteiger partial charge in [-0.25, -0.2) is 0 Å². The summed E-state index contributed by atoms with van der Waals surface area (Å²) in [5.41, 5.74) is 6.29. The third-order valence-electron chi connectivity index (χ3n) is 3.73. The number of carbonyl (C=O) groups excluding carboxylic acids is 1. The van der Waals surface area contributed by atoms with Crippen LogP contribution in [0.4, 0.5) is 0 Å². The Bertz CT molecular complexity index is 441. The zero-order valence-corrected chi connectivity index (χ0v) is 12.7. The van der Waals surface area contributed by atoms with Crippen LogP contribution < -0.4 is 15.8 Å². The van der Waals surface area contributed by atoms with Crippen LogP contribution in [0.2, 0.25) is 0 Å². The molecule has 0 radical (unpaired) electrons. The second kappa shape index (κ2) is 8.00. The quantitative estimate of drug-likeness (QED) is 0.786. The minimum absolute atomic E-state index is 0.0755. The van der Waals surface area contributed by atoms with Crippen molar-refractivity contribution in [3.8, 4) is 5.75 Å². The molecular weight excluding hydrogens is 266 g/mol. The molecule has 0 aromatic heterocycles. The lowest BCUT2D eigenvalue weighted by Gasteiger charge is -2.27. The molecule has 5 nitrogen and oxygen atoms in total. The van der Waals surface area contributed by atoms with Gasteiger partial charge in [-0.05, 0) is 56.6 Å². The van der Waals surface area contributed by atoms with E-state index in [-0.39, 0.29) is 6.61 Å². The van der Waals surface area contributed by atoms with Gasteiger partial charge in [0.25, 0.3) is 5.91 Å². The van der Waals surface area contributed by atoms with Gasteiger partial charge in [0.05, 0.1) is 0 Å². The molecule has 1 saturated heterocycles. The van der Waals surface area contributed by atoms with Crippen LogP contribution in [0.15, 0.2) is 24.3 Å². The molecule has 116 valence electrons. The minimum Gasteiger partial charge on any atom is -0.484 e. The van der Waals surface area contributed by atoms with E-state index in [2.05, 4.69) is 17.3 Å². The van der Waals surface area contributed by atoms with Gasteiger partial charge < -0.3 is 20.7 Å². The van der Waals surface area contributed by atoms with Gasteiger partial charge in [-0.15, -0.1) is 0 Å². The average Bonchev–Trinajstić information content (AvgIpc) is 2.47. The number of benzene rings is 1. The maximum atomic E-state index is 10.7. The van der Waals surface area contributed by atoms with E-state index in [9.17, 15) is 4.79 Å². The first-order valence-corrected chi connectivity index (χ1v) is 7.53. The number of hydrogen-bond acceptors (Lipinski definition) is 4. The van der Waals surface area contributed by atoms with Crippen LogP contribution in [0.25, 0.3) is 0 Å². The number of rotatable bonds is 7. The first kappa shape index (κ1) is 15.8. The first-order valence-electron chi connectivity index (χ1n) is 7.53. The summed E-state index contributed by atoms with van der Waals surface area (Å²) in [6.07, 6.45) is 2.60. The van der Waals surface area contributed by atoms with E-state index in [4.69, 9.17) is 10.5 Å². The maximum Gasteiger partial charge on any atom is 0.255 e. The lowest BCUT2D eigenvalue weighted by atomic mass is 9.99. The summed E-state index contributed by atoms with van der Waals surface area (Å²) < 4.78 is 5.25. The number of primary amides is 1. The molecule has 3 N–H and O–H groups in total. The highest BCUT2D eigenvalue weighted by molar-refractivity contribution is 5.75. The summed E-state index contributed by atoms with van der Waals surface area (Å²) in [4.78, 5) is 13.0. The Morgan fingerprint density at radius 3 is 2.81 bits per heavy atom. The summed E-state index contributed by atoms with van der Waals surface area (Å²) in [6.45, 7) is 4.25. The van der Waals surface area contributed by atoms with E-state index in [0.717, 1.165) is 32.1 Å². The van der Waals surface area contributed by atoms with Gasteiger partial charge in [-0.2, -0.15) is 0 Å². The highest BCUT2D eigenvalue weighted by Crippen LogP contribution is 2.15. The fourth-order valence-corrected chi connectivity index (χ4v) is 2.74. The van der Waals surface area contributed by atoms with Crippen molar-refractivity contribution in [2.45, 2.75) is 19.4 Å². The van der Waals surface area contributed by atoms with Crippen LogP contribution in [0.3, 0.4) is 0 Å². The number of amides is 1. The van der Waals surface area contributed by atoms with Crippen LogP contribution in [-0.4, -0.2) is 44.1 Å². The fraction of sp³-hybridized carbons (Fsp3) is 0.562. The standard InChI is InChI=1S/C16H25N3O2/c1-19(11-14-3-2-8-18-9-14)10-13-4-6-15(7-5-13)21-12-16(17)20/h4-7,14,18H,2-3,8-12H2,1H3,(H2,17,20). The molecule has 1 unspecified atom stereocenters. The largest absolute Gasteiger partial charge is 0.484 e. The van der Waals surface area contributed by atoms with E-state index in [1.165, 1.54) is 18.4 Å². The Hall–Kier alpha value is -1.59. The SMILES string of the molecule is CN(Cc1ccc(OCC(N)=O)cc1)CC1CCCNC1. The number of nitrogens with two attached hydrogens (primary N) is 1. The monoisotopic (exact) mass is 291 g/mol. The summed E-state index contributed by atoms with van der Waals surface area (Å²) in [6, 6.07) is 7.83. The van der Waals surface area contributed by atoms with Crippen molar-refractivity contribution >= 4 is 5.91 Å². The van der Waals surface area contributed by atoms with Gasteiger partial charge in [0, 0.05) is 13.1 Å². The first-order chi connectivity index (χ1) is 10.1. The van der Waals surface area contributed by atoms with Gasteiger partial charge in [-0.3, -0.25) is 4.79 Å². The number of piperidine rings is 1. The van der Waals surface area contributed by atoms with Gasteiger partial charge in [0.2, 0.25) is 0 Å². The molecule has 0 bridgehead atoms. The predicted molar refractivity (Wildman–Crippen MR) is 83.1 cm³/mol. The molecule has 1 atom stereocenters. The van der Waals surface area contributed by atoms with Gasteiger partial charge in [0.1, 0.15) is 5.75 Å². The Labute approximate surface area is 126 Å². The Kier molecular flexibility index (Phi) is 6.02. The van der Waals surface area contributed by atoms with Crippen molar-refractivity contribution in [3.05, 3.63) is 29.8 Å². The van der Waals surface area contributed by atoms with Crippen molar-refractivity contribution in [2.24, 2.45) is 11.7 Å². The van der Waals surface area contributed by atoms with Crippen molar-refractivity contribution in [2.75, 3.05) is 33.3 Å². The number of nitrogens with zero attached hydrogens (tertiary/aromatic N) is 1. The third kappa shape index (κ3) is 5.73. The molecule has 5 heteroatoms. The lowest BCUT2D eigenvalue weighted by Crippen LogP contribution is -2.36. The number of nitrogens with one attached hydrogen (secondary N) is 1. The zero-order chi connectivity index (χ0) is 15.1. The molecule has 1 amide bonds. The Balaban J connectivity index is 1.77. The van der Waals surface area contributed by atoms with E-state index in [0.29, 0.717) is 5.75 Å². The molecule has 1 fully saturated rings. The van der Waals surface area contributed by atoms with E-state index in [1.807, 2.05) is 24.3 Å². The number of hydrogen-bond donors (Lipinski definition) is 2. The molecule has 1 aliphatic heterocycles. The fourth-order valence-electron chi connectivity index (χ4n) is 2.74. The summed E-state index contributed by atoms with van der Waals surface area (Å²) in [5, 5.41) is 3.45. The summed E-state index contributed by atoms with van der Waals surface area (Å²) in [7, 11) is 2.16. The molecule has 1 aliphatic rings. The van der Waals surface area contributed by atoms with Gasteiger partial charge >= 0.3 is 0 Å². The van der Waals surface area contributed by atoms with E-state index < -0.39 is 5.91 Å². The second-order valence-electron chi connectivity index (χ2n) is 5.81. The van der Waals surface area contributed by atoms with Crippen LogP contribution in [-0.2, 0) is 11.3 Å². The zero-order valence-electron chi connectivity index (χ0n) is 12.7. The average molecular weight is 291 g/mol. The van der Waals surface area contributed by atoms with Crippen LogP contribution in [0, 0.1) is 5.92 Å². The maximum absolute atomic E-state index is 10.7. The van der Waals surface area contributed by atoms with E-state index >= 15 is 0 Å². The molecular formula is C16H25N3O2. The highest BCUT2D eigenvalue weighted by atomic mass is 16.5.